The molecular formula is C25H33N3O. The molecule has 0 N–H and O–H groups in total. The van der Waals surface area contributed by atoms with E-state index >= 15 is 0 Å². The monoisotopic (exact) mass is 391 g/mol. The third kappa shape index (κ3) is 4.87. The first kappa shape index (κ1) is 20.1. The standard InChI is InChI=1S/C25H33N3O/c1-18-13-22-8-12-28(25(29)15-23(22)14-19(18)2)17-21-7-10-27(16-21)11-9-24-6-4-5-20(3)26-24/h4-6,13-14,21H,7-12,15-17H2,1-3H3. The molecule has 154 valence electrons. The average Bonchev–Trinajstić information content (AvgIpc) is 3.08. The quantitative estimate of drug-likeness (QED) is 0.783. The molecule has 29 heavy (non-hydrogen) atoms. The molecule has 1 saturated heterocycles. The zero-order valence-corrected chi connectivity index (χ0v) is 18.1. The van der Waals surface area contributed by atoms with E-state index in [1.54, 1.807) is 0 Å². The van der Waals surface area contributed by atoms with E-state index in [1.165, 1.54) is 34.4 Å². The molecule has 2 aromatic rings. The van der Waals surface area contributed by atoms with Crippen molar-refractivity contribution in [3.05, 3.63) is 64.0 Å². The van der Waals surface area contributed by atoms with Crippen molar-refractivity contribution >= 4 is 5.91 Å². The van der Waals surface area contributed by atoms with Crippen molar-refractivity contribution in [2.24, 2.45) is 5.92 Å². The summed E-state index contributed by atoms with van der Waals surface area (Å²) in [7, 11) is 0. The van der Waals surface area contributed by atoms with Gasteiger partial charge in [-0.15, -0.1) is 0 Å². The molecule has 1 atom stereocenters. The molecule has 2 aliphatic heterocycles. The van der Waals surface area contributed by atoms with Crippen LogP contribution in [0, 0.1) is 26.7 Å². The van der Waals surface area contributed by atoms with Gasteiger partial charge in [-0.25, -0.2) is 0 Å². The Hall–Kier alpha value is -2.20. The highest BCUT2D eigenvalue weighted by molar-refractivity contribution is 5.80. The summed E-state index contributed by atoms with van der Waals surface area (Å²) >= 11 is 0. The molecule has 1 aromatic carbocycles. The molecule has 2 aliphatic rings. The van der Waals surface area contributed by atoms with E-state index in [1.807, 2.05) is 0 Å². The number of fused-ring (bicyclic) bond motifs is 1. The van der Waals surface area contributed by atoms with Crippen LogP contribution in [-0.4, -0.2) is 53.4 Å². The van der Waals surface area contributed by atoms with Crippen LogP contribution in [0.4, 0.5) is 0 Å². The number of amides is 1. The predicted octanol–water partition coefficient (Wildman–Crippen LogP) is 3.50. The second kappa shape index (κ2) is 8.66. The van der Waals surface area contributed by atoms with Gasteiger partial charge in [0.05, 0.1) is 6.42 Å². The highest BCUT2D eigenvalue weighted by Crippen LogP contribution is 2.23. The first-order chi connectivity index (χ1) is 14.0. The normalized spacial score (nSPS) is 20.0. The van der Waals surface area contributed by atoms with E-state index < -0.39 is 0 Å². The van der Waals surface area contributed by atoms with Gasteiger partial charge in [-0.05, 0) is 80.5 Å². The lowest BCUT2D eigenvalue weighted by Crippen LogP contribution is -2.37. The Morgan fingerprint density at radius 1 is 1.07 bits per heavy atom. The highest BCUT2D eigenvalue weighted by Gasteiger charge is 2.28. The number of likely N-dealkylation sites (tertiary alicyclic amines) is 1. The zero-order valence-electron chi connectivity index (χ0n) is 18.1. The fraction of sp³-hybridized carbons (Fsp3) is 0.520. The average molecular weight is 392 g/mol. The number of aryl methyl sites for hydroxylation is 3. The molecule has 4 rings (SSSR count). The van der Waals surface area contributed by atoms with Gasteiger partial charge in [-0.1, -0.05) is 18.2 Å². The van der Waals surface area contributed by atoms with Gasteiger partial charge < -0.3 is 9.80 Å². The third-order valence-corrected chi connectivity index (χ3v) is 6.64. The number of pyridine rings is 1. The van der Waals surface area contributed by atoms with Crippen LogP contribution in [0.25, 0.3) is 0 Å². The molecular weight excluding hydrogens is 358 g/mol. The van der Waals surface area contributed by atoms with Crippen LogP contribution < -0.4 is 0 Å². The minimum Gasteiger partial charge on any atom is -0.342 e. The fourth-order valence-electron chi connectivity index (χ4n) is 4.77. The number of benzene rings is 1. The van der Waals surface area contributed by atoms with Gasteiger partial charge in [-0.3, -0.25) is 9.78 Å². The summed E-state index contributed by atoms with van der Waals surface area (Å²) in [6.07, 6.45) is 3.74. The van der Waals surface area contributed by atoms with Crippen molar-refractivity contribution in [2.45, 2.75) is 46.5 Å². The Morgan fingerprint density at radius 3 is 2.66 bits per heavy atom. The Morgan fingerprint density at radius 2 is 1.86 bits per heavy atom. The summed E-state index contributed by atoms with van der Waals surface area (Å²) in [6.45, 7) is 11.4. The second-order valence-corrected chi connectivity index (χ2v) is 8.95. The van der Waals surface area contributed by atoms with E-state index in [-0.39, 0.29) is 0 Å². The summed E-state index contributed by atoms with van der Waals surface area (Å²) in [5.74, 6) is 0.892. The summed E-state index contributed by atoms with van der Waals surface area (Å²) < 4.78 is 0. The first-order valence-corrected chi connectivity index (χ1v) is 11.0. The molecule has 0 radical (unpaired) electrons. The minimum atomic E-state index is 0.300. The number of hydrogen-bond donors (Lipinski definition) is 0. The molecule has 4 heteroatoms. The maximum Gasteiger partial charge on any atom is 0.227 e. The van der Waals surface area contributed by atoms with Crippen LogP contribution in [0.5, 0.6) is 0 Å². The number of hydrogen-bond acceptors (Lipinski definition) is 3. The maximum atomic E-state index is 12.9. The van der Waals surface area contributed by atoms with E-state index in [0.29, 0.717) is 18.2 Å². The lowest BCUT2D eigenvalue weighted by Gasteiger charge is -2.24. The number of aromatic nitrogens is 1. The number of nitrogens with zero attached hydrogens (tertiary/aromatic N) is 3. The number of rotatable bonds is 5. The van der Waals surface area contributed by atoms with Gasteiger partial charge in [0, 0.05) is 44.0 Å². The van der Waals surface area contributed by atoms with Crippen LogP contribution in [0.15, 0.2) is 30.3 Å². The highest BCUT2D eigenvalue weighted by atomic mass is 16.2. The Balaban J connectivity index is 1.30. The number of carbonyl (C=O) groups excluding carboxylic acids is 1. The third-order valence-electron chi connectivity index (χ3n) is 6.64. The van der Waals surface area contributed by atoms with Gasteiger partial charge in [0.2, 0.25) is 5.91 Å². The minimum absolute atomic E-state index is 0.300. The van der Waals surface area contributed by atoms with Crippen molar-refractivity contribution < 1.29 is 4.79 Å². The topological polar surface area (TPSA) is 36.4 Å². The van der Waals surface area contributed by atoms with Gasteiger partial charge in [0.1, 0.15) is 0 Å². The summed E-state index contributed by atoms with van der Waals surface area (Å²) in [5.41, 5.74) is 7.49. The van der Waals surface area contributed by atoms with Gasteiger partial charge in [0.15, 0.2) is 0 Å². The van der Waals surface area contributed by atoms with Crippen LogP contribution in [-0.2, 0) is 24.1 Å². The van der Waals surface area contributed by atoms with Crippen molar-refractivity contribution in [3.8, 4) is 0 Å². The Kier molecular flexibility index (Phi) is 6.00. The molecule has 3 heterocycles. The molecule has 1 fully saturated rings. The molecule has 1 amide bonds. The van der Waals surface area contributed by atoms with E-state index in [2.05, 4.69) is 65.9 Å². The number of carbonyl (C=O) groups is 1. The van der Waals surface area contributed by atoms with Crippen molar-refractivity contribution in [1.82, 2.24) is 14.8 Å². The summed E-state index contributed by atoms with van der Waals surface area (Å²) in [6, 6.07) is 10.8. The smallest absolute Gasteiger partial charge is 0.227 e. The summed E-state index contributed by atoms with van der Waals surface area (Å²) in [5, 5.41) is 0. The van der Waals surface area contributed by atoms with Crippen molar-refractivity contribution in [2.75, 3.05) is 32.7 Å². The molecule has 0 spiro atoms. The predicted molar refractivity (Wildman–Crippen MR) is 117 cm³/mol. The Labute approximate surface area is 174 Å². The van der Waals surface area contributed by atoms with Crippen LogP contribution in [0.2, 0.25) is 0 Å². The molecule has 0 bridgehead atoms. The second-order valence-electron chi connectivity index (χ2n) is 8.95. The SMILES string of the molecule is Cc1cccc(CCN2CCC(CN3CCc4cc(C)c(C)cc4CC3=O)C2)n1. The molecule has 0 saturated carbocycles. The fourth-order valence-corrected chi connectivity index (χ4v) is 4.77. The van der Waals surface area contributed by atoms with E-state index in [0.717, 1.165) is 51.3 Å². The lowest BCUT2D eigenvalue weighted by molar-refractivity contribution is -0.130. The van der Waals surface area contributed by atoms with Crippen LogP contribution in [0.3, 0.4) is 0 Å². The molecule has 0 aliphatic carbocycles. The van der Waals surface area contributed by atoms with E-state index in [9.17, 15) is 4.79 Å². The molecule has 4 nitrogen and oxygen atoms in total. The molecule has 1 unspecified atom stereocenters. The van der Waals surface area contributed by atoms with Crippen molar-refractivity contribution in [1.29, 1.82) is 0 Å². The lowest BCUT2D eigenvalue weighted by atomic mass is 9.97. The Bertz CT molecular complexity index is 892. The van der Waals surface area contributed by atoms with Crippen LogP contribution >= 0.6 is 0 Å². The first-order valence-electron chi connectivity index (χ1n) is 11.0. The summed E-state index contributed by atoms with van der Waals surface area (Å²) in [4.78, 5) is 22.2. The maximum absolute atomic E-state index is 12.9. The zero-order chi connectivity index (χ0) is 20.4. The van der Waals surface area contributed by atoms with Gasteiger partial charge >= 0.3 is 0 Å². The van der Waals surface area contributed by atoms with Crippen LogP contribution in [0.1, 0.15) is 40.1 Å². The van der Waals surface area contributed by atoms with E-state index in [4.69, 9.17) is 0 Å². The largest absolute Gasteiger partial charge is 0.342 e. The van der Waals surface area contributed by atoms with Crippen molar-refractivity contribution in [3.63, 3.8) is 0 Å². The van der Waals surface area contributed by atoms with Gasteiger partial charge in [-0.2, -0.15) is 0 Å². The van der Waals surface area contributed by atoms with Gasteiger partial charge in [0.25, 0.3) is 0 Å². The molecule has 1 aromatic heterocycles.